The highest BCUT2D eigenvalue weighted by atomic mass is 35.5. The maximum Gasteiger partial charge on any atom is 0.515 e. The van der Waals surface area contributed by atoms with E-state index in [-0.39, 0.29) is 0 Å². The molecule has 1 atom stereocenters. The molecule has 0 spiro atoms. The largest absolute Gasteiger partial charge is 0.515 e. The van der Waals surface area contributed by atoms with Crippen molar-refractivity contribution in [3.05, 3.63) is 59.1 Å². The fourth-order valence-electron chi connectivity index (χ4n) is 2.52. The Balaban J connectivity index is 2.04. The molecule has 2 rings (SSSR count). The Morgan fingerprint density at radius 1 is 1.17 bits per heavy atom. The summed E-state index contributed by atoms with van der Waals surface area (Å²) in [4.78, 5) is 14.0. The molecule has 0 saturated carbocycles. The highest BCUT2D eigenvalue weighted by Gasteiger charge is 2.19. The zero-order chi connectivity index (χ0) is 17.5. The van der Waals surface area contributed by atoms with Crippen molar-refractivity contribution in [3.8, 4) is 5.75 Å². The molecule has 0 heterocycles. The van der Waals surface area contributed by atoms with E-state index in [4.69, 9.17) is 21.1 Å². The summed E-state index contributed by atoms with van der Waals surface area (Å²) in [5.74, 6) is 0.531. The summed E-state index contributed by atoms with van der Waals surface area (Å²) in [6.45, 7) is 6.46. The number of benzene rings is 2. The van der Waals surface area contributed by atoms with Gasteiger partial charge in [-0.1, -0.05) is 42.8 Å². The smallest absolute Gasteiger partial charge is 0.410 e. The van der Waals surface area contributed by atoms with Crippen LogP contribution in [0.4, 0.5) is 10.5 Å². The summed E-state index contributed by atoms with van der Waals surface area (Å²) in [5.41, 5.74) is 1.85. The van der Waals surface area contributed by atoms with Gasteiger partial charge in [0.2, 0.25) is 0 Å². The minimum atomic E-state index is -0.719. The molecule has 5 heteroatoms. The Morgan fingerprint density at radius 3 is 2.58 bits per heavy atom. The maximum atomic E-state index is 12.1. The van der Waals surface area contributed by atoms with Gasteiger partial charge in [0.05, 0.1) is 0 Å². The Kier molecular flexibility index (Phi) is 6.50. The van der Waals surface area contributed by atoms with Crippen molar-refractivity contribution >= 4 is 23.4 Å². The number of rotatable bonds is 6. The molecule has 2 aromatic carbocycles. The Hall–Kier alpha value is -2.20. The first kappa shape index (κ1) is 18.1. The third-order valence-electron chi connectivity index (χ3n) is 3.73. The van der Waals surface area contributed by atoms with E-state index in [1.165, 1.54) is 0 Å². The molecule has 0 aliphatic carbocycles. The van der Waals surface area contributed by atoms with E-state index in [2.05, 4.69) is 0 Å². The van der Waals surface area contributed by atoms with Crippen LogP contribution in [-0.2, 0) is 11.2 Å². The second-order valence-corrected chi connectivity index (χ2v) is 5.73. The number of nitrogens with zero attached hydrogens (tertiary/aromatic N) is 1. The molecule has 0 bridgehead atoms. The van der Waals surface area contributed by atoms with E-state index >= 15 is 0 Å². The van der Waals surface area contributed by atoms with Gasteiger partial charge in [-0.3, -0.25) is 0 Å². The number of para-hydroxylation sites is 1. The molecule has 0 fully saturated rings. The quantitative estimate of drug-likeness (QED) is 0.404. The van der Waals surface area contributed by atoms with Gasteiger partial charge < -0.3 is 14.4 Å². The van der Waals surface area contributed by atoms with E-state index in [0.717, 1.165) is 17.7 Å². The van der Waals surface area contributed by atoms with Gasteiger partial charge in [0.15, 0.2) is 6.23 Å². The third-order valence-corrected chi connectivity index (χ3v) is 3.97. The van der Waals surface area contributed by atoms with Crippen LogP contribution < -0.4 is 9.64 Å². The Morgan fingerprint density at radius 2 is 1.92 bits per heavy atom. The van der Waals surface area contributed by atoms with Crippen LogP contribution >= 0.6 is 11.6 Å². The van der Waals surface area contributed by atoms with Gasteiger partial charge in [0, 0.05) is 17.3 Å². The lowest BCUT2D eigenvalue weighted by molar-refractivity contribution is 0.0643. The molecule has 128 valence electrons. The van der Waals surface area contributed by atoms with Crippen molar-refractivity contribution in [2.24, 2.45) is 0 Å². The highest BCUT2D eigenvalue weighted by molar-refractivity contribution is 6.30. The van der Waals surface area contributed by atoms with Crippen molar-refractivity contribution in [2.45, 2.75) is 33.4 Å². The van der Waals surface area contributed by atoms with Crippen LogP contribution in [0.1, 0.15) is 26.3 Å². The molecule has 4 nitrogen and oxygen atoms in total. The van der Waals surface area contributed by atoms with Gasteiger partial charge in [-0.25, -0.2) is 4.79 Å². The molecule has 0 aromatic heterocycles. The first-order chi connectivity index (χ1) is 11.5. The van der Waals surface area contributed by atoms with Gasteiger partial charge in [-0.2, -0.15) is 0 Å². The second-order valence-electron chi connectivity index (χ2n) is 5.30. The van der Waals surface area contributed by atoms with E-state index in [9.17, 15) is 4.79 Å². The van der Waals surface area contributed by atoms with Gasteiger partial charge in [-0.05, 0) is 50.1 Å². The SMILES string of the molecule is CCc1ccccc1OC(=O)OC(C)N(CC)c1cccc(Cl)c1. The van der Waals surface area contributed by atoms with E-state index < -0.39 is 12.4 Å². The minimum Gasteiger partial charge on any atom is -0.410 e. The zero-order valence-electron chi connectivity index (χ0n) is 14.2. The van der Waals surface area contributed by atoms with Crippen LogP contribution in [0, 0.1) is 0 Å². The average Bonchev–Trinajstić information content (AvgIpc) is 2.56. The molecule has 0 aliphatic rings. The summed E-state index contributed by atoms with van der Waals surface area (Å²) in [6, 6.07) is 14.9. The summed E-state index contributed by atoms with van der Waals surface area (Å²) >= 11 is 6.04. The van der Waals surface area contributed by atoms with Gasteiger partial charge >= 0.3 is 6.16 Å². The molecule has 0 amide bonds. The minimum absolute atomic E-state index is 0.477. The van der Waals surface area contributed by atoms with E-state index in [1.54, 1.807) is 19.1 Å². The van der Waals surface area contributed by atoms with E-state index in [0.29, 0.717) is 17.3 Å². The predicted octanol–water partition coefficient (Wildman–Crippen LogP) is 5.29. The van der Waals surface area contributed by atoms with Crippen molar-refractivity contribution in [1.29, 1.82) is 0 Å². The second kappa shape index (κ2) is 8.60. The van der Waals surface area contributed by atoms with Crippen molar-refractivity contribution in [3.63, 3.8) is 0 Å². The van der Waals surface area contributed by atoms with Gasteiger partial charge in [-0.15, -0.1) is 0 Å². The molecular formula is C19H22ClNO3. The van der Waals surface area contributed by atoms with Crippen LogP contribution in [-0.4, -0.2) is 18.9 Å². The number of anilines is 1. The number of hydrogen-bond acceptors (Lipinski definition) is 4. The van der Waals surface area contributed by atoms with Crippen LogP contribution in [0.15, 0.2) is 48.5 Å². The number of ether oxygens (including phenoxy) is 2. The lowest BCUT2D eigenvalue weighted by atomic mass is 10.1. The summed E-state index contributed by atoms with van der Waals surface area (Å²) in [7, 11) is 0. The van der Waals surface area contributed by atoms with Crippen LogP contribution in [0.2, 0.25) is 5.02 Å². The predicted molar refractivity (Wildman–Crippen MR) is 96.9 cm³/mol. The summed E-state index contributed by atoms with van der Waals surface area (Å²) < 4.78 is 10.8. The molecule has 0 aliphatic heterocycles. The lowest BCUT2D eigenvalue weighted by Crippen LogP contribution is -2.37. The fraction of sp³-hybridized carbons (Fsp3) is 0.316. The van der Waals surface area contributed by atoms with Crippen LogP contribution in [0.5, 0.6) is 5.75 Å². The molecule has 0 radical (unpaired) electrons. The van der Waals surface area contributed by atoms with Crippen molar-refractivity contribution in [1.82, 2.24) is 0 Å². The first-order valence-corrected chi connectivity index (χ1v) is 8.41. The molecule has 0 saturated heterocycles. The standard InChI is InChI=1S/C19H22ClNO3/c1-4-15-9-6-7-12-18(15)24-19(22)23-14(3)21(5-2)17-11-8-10-16(20)13-17/h6-14H,4-5H2,1-3H3. The molecule has 1 unspecified atom stereocenters. The number of hydrogen-bond donors (Lipinski definition) is 0. The number of halogens is 1. The summed E-state index contributed by atoms with van der Waals surface area (Å²) in [5, 5.41) is 0.637. The summed E-state index contributed by atoms with van der Waals surface area (Å²) in [6.07, 6.45) is -0.415. The average molecular weight is 348 g/mol. The van der Waals surface area contributed by atoms with Crippen molar-refractivity contribution < 1.29 is 14.3 Å². The van der Waals surface area contributed by atoms with E-state index in [1.807, 2.05) is 55.1 Å². The molecular weight excluding hydrogens is 326 g/mol. The highest BCUT2D eigenvalue weighted by Crippen LogP contribution is 2.23. The molecule has 24 heavy (non-hydrogen) atoms. The zero-order valence-corrected chi connectivity index (χ0v) is 14.9. The lowest BCUT2D eigenvalue weighted by Gasteiger charge is -2.29. The topological polar surface area (TPSA) is 38.8 Å². The van der Waals surface area contributed by atoms with Gasteiger partial charge in [0.1, 0.15) is 5.75 Å². The fourth-order valence-corrected chi connectivity index (χ4v) is 2.70. The first-order valence-electron chi connectivity index (χ1n) is 8.03. The Labute approximate surface area is 147 Å². The maximum absolute atomic E-state index is 12.1. The number of carbonyl (C=O) groups excluding carboxylic acids is 1. The third kappa shape index (κ3) is 4.65. The van der Waals surface area contributed by atoms with Crippen LogP contribution in [0.3, 0.4) is 0 Å². The van der Waals surface area contributed by atoms with Gasteiger partial charge in [0.25, 0.3) is 0 Å². The molecule has 0 N–H and O–H groups in total. The molecule has 2 aromatic rings. The number of carbonyl (C=O) groups is 1. The monoisotopic (exact) mass is 347 g/mol. The number of aryl methyl sites for hydroxylation is 1. The Bertz CT molecular complexity index is 690. The normalized spacial score (nSPS) is 11.7. The van der Waals surface area contributed by atoms with Crippen LogP contribution in [0.25, 0.3) is 0 Å². The van der Waals surface area contributed by atoms with Crippen molar-refractivity contribution in [2.75, 3.05) is 11.4 Å².